The molecule has 0 aliphatic carbocycles. The lowest BCUT2D eigenvalue weighted by Crippen LogP contribution is -2.04. The first-order chi connectivity index (χ1) is 8.25. The molecule has 0 aliphatic heterocycles. The second kappa shape index (κ2) is 5.35. The van der Waals surface area contributed by atoms with Crippen LogP contribution in [0, 0.1) is 0 Å². The average Bonchev–Trinajstić information content (AvgIpc) is 2.37. The molecule has 6 nitrogen and oxygen atoms in total. The van der Waals surface area contributed by atoms with Crippen molar-refractivity contribution in [2.24, 2.45) is 0 Å². The van der Waals surface area contributed by atoms with Gasteiger partial charge in [-0.3, -0.25) is 9.78 Å². The van der Waals surface area contributed by atoms with Crippen molar-refractivity contribution >= 4 is 23.5 Å². The summed E-state index contributed by atoms with van der Waals surface area (Å²) in [6.07, 6.45) is 4.47. The first-order valence-corrected chi connectivity index (χ1v) is 5.75. The van der Waals surface area contributed by atoms with Crippen LogP contribution in [-0.4, -0.2) is 31.5 Å². The molecule has 0 amide bonds. The highest BCUT2D eigenvalue weighted by Gasteiger charge is 2.07. The van der Waals surface area contributed by atoms with E-state index in [-0.39, 0.29) is 17.5 Å². The lowest BCUT2D eigenvalue weighted by molar-refractivity contribution is 0.102. The van der Waals surface area contributed by atoms with Crippen molar-refractivity contribution in [3.63, 3.8) is 0 Å². The molecular formula is C10H9N5OS. The van der Waals surface area contributed by atoms with Crippen LogP contribution in [0.15, 0.2) is 36.0 Å². The quantitative estimate of drug-likeness (QED) is 0.631. The number of nitrogens with two attached hydrogens (primary N) is 1. The average molecular weight is 247 g/mol. The Kier molecular flexibility index (Phi) is 3.61. The lowest BCUT2D eigenvalue weighted by atomic mass is 10.2. The Balaban J connectivity index is 1.97. The van der Waals surface area contributed by atoms with Crippen LogP contribution < -0.4 is 5.73 Å². The van der Waals surface area contributed by atoms with Gasteiger partial charge in [0.25, 0.3) is 0 Å². The second-order valence-corrected chi connectivity index (χ2v) is 4.02. The molecule has 2 rings (SSSR count). The molecule has 86 valence electrons. The summed E-state index contributed by atoms with van der Waals surface area (Å²) in [5.74, 6) is 0.369. The van der Waals surface area contributed by atoms with E-state index in [4.69, 9.17) is 5.73 Å². The SMILES string of the molecule is Nc1ncnc(SCC(=O)c2cccnc2)n1. The summed E-state index contributed by atoms with van der Waals surface area (Å²) in [6.45, 7) is 0. The van der Waals surface area contributed by atoms with E-state index in [9.17, 15) is 4.79 Å². The number of thioether (sulfide) groups is 1. The van der Waals surface area contributed by atoms with E-state index in [1.165, 1.54) is 24.3 Å². The largest absolute Gasteiger partial charge is 0.368 e. The van der Waals surface area contributed by atoms with Crippen LogP contribution in [0.1, 0.15) is 10.4 Å². The Morgan fingerprint density at radius 3 is 3.00 bits per heavy atom. The maximum absolute atomic E-state index is 11.7. The molecule has 0 atom stereocenters. The standard InChI is InChI=1S/C10H9N5OS/c11-9-13-6-14-10(15-9)17-5-8(16)7-2-1-3-12-4-7/h1-4,6H,5H2,(H2,11,13,14,15). The van der Waals surface area contributed by atoms with Crippen molar-refractivity contribution in [3.8, 4) is 0 Å². The minimum atomic E-state index is -0.0258. The molecule has 0 aliphatic rings. The third-order valence-electron chi connectivity index (χ3n) is 1.88. The third kappa shape index (κ3) is 3.22. The summed E-state index contributed by atoms with van der Waals surface area (Å²) in [4.78, 5) is 27.1. The molecule has 0 saturated carbocycles. The molecular weight excluding hydrogens is 238 g/mol. The number of Topliss-reactive ketones (excluding diaryl/α,β-unsaturated/α-hetero) is 1. The Morgan fingerprint density at radius 2 is 2.29 bits per heavy atom. The van der Waals surface area contributed by atoms with E-state index in [0.29, 0.717) is 10.7 Å². The minimum absolute atomic E-state index is 0.0258. The zero-order valence-corrected chi connectivity index (χ0v) is 9.59. The molecule has 17 heavy (non-hydrogen) atoms. The number of rotatable bonds is 4. The highest BCUT2D eigenvalue weighted by Crippen LogP contribution is 2.14. The first-order valence-electron chi connectivity index (χ1n) is 4.76. The molecule has 0 spiro atoms. The van der Waals surface area contributed by atoms with E-state index in [1.807, 2.05) is 0 Å². The van der Waals surface area contributed by atoms with Crippen molar-refractivity contribution in [3.05, 3.63) is 36.4 Å². The molecule has 2 N–H and O–H groups in total. The fourth-order valence-corrected chi connectivity index (χ4v) is 1.81. The number of carbonyl (C=O) groups excluding carboxylic acids is 1. The number of ketones is 1. The van der Waals surface area contributed by atoms with E-state index < -0.39 is 0 Å². The van der Waals surface area contributed by atoms with E-state index in [1.54, 1.807) is 18.3 Å². The Labute approximate surface area is 102 Å². The zero-order chi connectivity index (χ0) is 12.1. The van der Waals surface area contributed by atoms with Crippen molar-refractivity contribution < 1.29 is 4.79 Å². The van der Waals surface area contributed by atoms with Gasteiger partial charge in [-0.1, -0.05) is 11.8 Å². The van der Waals surface area contributed by atoms with Crippen LogP contribution in [0.2, 0.25) is 0 Å². The Morgan fingerprint density at radius 1 is 1.41 bits per heavy atom. The molecule has 7 heteroatoms. The van der Waals surface area contributed by atoms with Gasteiger partial charge in [0.15, 0.2) is 10.9 Å². The maximum atomic E-state index is 11.7. The summed E-state index contributed by atoms with van der Waals surface area (Å²) < 4.78 is 0. The highest BCUT2D eigenvalue weighted by atomic mass is 32.2. The van der Waals surface area contributed by atoms with Crippen molar-refractivity contribution in [2.75, 3.05) is 11.5 Å². The maximum Gasteiger partial charge on any atom is 0.223 e. The van der Waals surface area contributed by atoms with Gasteiger partial charge in [0.1, 0.15) is 6.33 Å². The lowest BCUT2D eigenvalue weighted by Gasteiger charge is -2.00. The topological polar surface area (TPSA) is 94.7 Å². The van der Waals surface area contributed by atoms with Crippen LogP contribution in [0.4, 0.5) is 5.95 Å². The van der Waals surface area contributed by atoms with E-state index >= 15 is 0 Å². The van der Waals surface area contributed by atoms with Gasteiger partial charge < -0.3 is 5.73 Å². The van der Waals surface area contributed by atoms with Gasteiger partial charge in [0, 0.05) is 18.0 Å². The molecule has 0 saturated heterocycles. The molecule has 2 aromatic heterocycles. The number of aromatic nitrogens is 4. The van der Waals surface area contributed by atoms with Crippen molar-refractivity contribution in [2.45, 2.75) is 5.16 Å². The van der Waals surface area contributed by atoms with Crippen LogP contribution >= 0.6 is 11.8 Å². The minimum Gasteiger partial charge on any atom is -0.368 e. The Hall–Kier alpha value is -2.02. The molecule has 0 fully saturated rings. The summed E-state index contributed by atoms with van der Waals surface area (Å²) in [5.41, 5.74) is 5.98. The summed E-state index contributed by atoms with van der Waals surface area (Å²) >= 11 is 1.22. The normalized spacial score (nSPS) is 10.1. The molecule has 2 heterocycles. The van der Waals surface area contributed by atoms with Crippen molar-refractivity contribution in [1.29, 1.82) is 0 Å². The first kappa shape index (κ1) is 11.5. The molecule has 0 aromatic carbocycles. The van der Waals surface area contributed by atoms with Gasteiger partial charge in [0.05, 0.1) is 5.75 Å². The molecule has 0 radical (unpaired) electrons. The van der Waals surface area contributed by atoms with Crippen LogP contribution in [0.3, 0.4) is 0 Å². The fraction of sp³-hybridized carbons (Fsp3) is 0.100. The van der Waals surface area contributed by atoms with Crippen molar-refractivity contribution in [1.82, 2.24) is 19.9 Å². The van der Waals surface area contributed by atoms with Crippen LogP contribution in [0.25, 0.3) is 0 Å². The number of anilines is 1. The number of nitrogens with zero attached hydrogens (tertiary/aromatic N) is 4. The van der Waals surface area contributed by atoms with Gasteiger partial charge in [-0.25, -0.2) is 9.97 Å². The second-order valence-electron chi connectivity index (χ2n) is 3.08. The fourth-order valence-electron chi connectivity index (χ4n) is 1.10. The molecule has 0 bridgehead atoms. The number of carbonyl (C=O) groups is 1. The van der Waals surface area contributed by atoms with Crippen LogP contribution in [-0.2, 0) is 0 Å². The Bertz CT molecular complexity index is 519. The van der Waals surface area contributed by atoms with E-state index in [2.05, 4.69) is 19.9 Å². The summed E-state index contributed by atoms with van der Waals surface area (Å²) in [7, 11) is 0. The predicted molar refractivity (Wildman–Crippen MR) is 63.5 cm³/mol. The predicted octanol–water partition coefficient (Wildman–Crippen LogP) is 0.824. The van der Waals surface area contributed by atoms with E-state index in [0.717, 1.165) is 0 Å². The zero-order valence-electron chi connectivity index (χ0n) is 8.78. The molecule has 2 aromatic rings. The third-order valence-corrected chi connectivity index (χ3v) is 2.75. The number of pyridine rings is 1. The monoisotopic (exact) mass is 247 g/mol. The van der Waals surface area contributed by atoms with Gasteiger partial charge in [-0.05, 0) is 12.1 Å². The van der Waals surface area contributed by atoms with Gasteiger partial charge in [-0.15, -0.1) is 0 Å². The van der Waals surface area contributed by atoms with Gasteiger partial charge in [-0.2, -0.15) is 4.98 Å². The number of nitrogen functional groups attached to an aromatic ring is 1. The van der Waals surface area contributed by atoms with Gasteiger partial charge in [0.2, 0.25) is 5.95 Å². The van der Waals surface area contributed by atoms with Gasteiger partial charge >= 0.3 is 0 Å². The molecule has 0 unspecified atom stereocenters. The highest BCUT2D eigenvalue weighted by molar-refractivity contribution is 7.99. The summed E-state index contributed by atoms with van der Waals surface area (Å²) in [6, 6.07) is 3.44. The number of hydrogen-bond donors (Lipinski definition) is 1. The van der Waals surface area contributed by atoms with Crippen LogP contribution in [0.5, 0.6) is 0 Å². The number of hydrogen-bond acceptors (Lipinski definition) is 7. The summed E-state index contributed by atoms with van der Waals surface area (Å²) in [5, 5.41) is 0.440. The smallest absolute Gasteiger partial charge is 0.223 e.